The summed E-state index contributed by atoms with van der Waals surface area (Å²) in [5.74, 6) is -0.267. The number of thiophene rings is 1. The molecule has 0 saturated carbocycles. The molecule has 0 aromatic carbocycles. The van der Waals surface area contributed by atoms with Crippen molar-refractivity contribution in [3.05, 3.63) is 17.5 Å². The maximum Gasteiger partial charge on any atom is 0.269 e. The van der Waals surface area contributed by atoms with Crippen molar-refractivity contribution in [3.8, 4) is 0 Å². The molecule has 2 atom stereocenters. The van der Waals surface area contributed by atoms with E-state index in [-0.39, 0.29) is 18.6 Å². The fourth-order valence-electron chi connectivity index (χ4n) is 3.53. The Hall–Kier alpha value is -1.49. The smallest absolute Gasteiger partial charge is 0.269 e. The summed E-state index contributed by atoms with van der Waals surface area (Å²) in [6.45, 7) is 1.77. The highest BCUT2D eigenvalue weighted by Gasteiger charge is 2.50. The van der Waals surface area contributed by atoms with E-state index in [1.807, 2.05) is 0 Å². The second kappa shape index (κ2) is 6.91. The highest BCUT2D eigenvalue weighted by atomic mass is 32.2. The summed E-state index contributed by atoms with van der Waals surface area (Å²) in [4.78, 5) is 17.8. The van der Waals surface area contributed by atoms with E-state index in [2.05, 4.69) is 10.5 Å². The molecule has 2 fully saturated rings. The van der Waals surface area contributed by atoms with E-state index in [4.69, 9.17) is 9.57 Å². The molecule has 2 saturated heterocycles. The van der Waals surface area contributed by atoms with Crippen molar-refractivity contribution < 1.29 is 22.8 Å². The molecule has 1 N–H and O–H groups in total. The first-order valence-electron chi connectivity index (χ1n) is 8.67. The van der Waals surface area contributed by atoms with Gasteiger partial charge >= 0.3 is 0 Å². The molecule has 4 heterocycles. The minimum atomic E-state index is -3.51. The van der Waals surface area contributed by atoms with Crippen LogP contribution in [0.3, 0.4) is 0 Å². The topological polar surface area (TPSA) is 97.3 Å². The van der Waals surface area contributed by atoms with Crippen molar-refractivity contribution in [1.29, 1.82) is 0 Å². The lowest BCUT2D eigenvalue weighted by molar-refractivity contribution is -0.115. The lowest BCUT2D eigenvalue weighted by Crippen LogP contribution is -2.40. The van der Waals surface area contributed by atoms with E-state index in [0.29, 0.717) is 35.9 Å². The van der Waals surface area contributed by atoms with Gasteiger partial charge in [-0.15, -0.1) is 11.3 Å². The predicted octanol–water partition coefficient (Wildman–Crippen LogP) is 0.953. The summed E-state index contributed by atoms with van der Waals surface area (Å²) < 4.78 is 32.5. The van der Waals surface area contributed by atoms with Gasteiger partial charge in [-0.3, -0.25) is 4.79 Å². The van der Waals surface area contributed by atoms with E-state index < -0.39 is 15.6 Å². The maximum absolute atomic E-state index is 12.7. The molecule has 1 amide bonds. The molecule has 0 aliphatic carbocycles. The zero-order valence-electron chi connectivity index (χ0n) is 14.2. The van der Waals surface area contributed by atoms with Gasteiger partial charge in [0.15, 0.2) is 5.60 Å². The molecule has 0 unspecified atom stereocenters. The second-order valence-electron chi connectivity index (χ2n) is 6.85. The van der Waals surface area contributed by atoms with Crippen molar-refractivity contribution in [2.75, 3.05) is 26.2 Å². The molecular weight excluding hydrogens is 378 g/mol. The average Bonchev–Trinajstić information content (AvgIpc) is 3.41. The summed E-state index contributed by atoms with van der Waals surface area (Å²) >= 11 is 1.20. The van der Waals surface area contributed by atoms with Crippen molar-refractivity contribution in [3.63, 3.8) is 0 Å². The predicted molar refractivity (Wildman–Crippen MR) is 95.5 cm³/mol. The number of ether oxygens (including phenoxy) is 1. The van der Waals surface area contributed by atoms with Gasteiger partial charge in [0.1, 0.15) is 9.92 Å². The SMILES string of the molecule is O=C(NC[C@@H]1CCCO1)C1=NO[C@@]2(CCN(S(=O)(=O)c3cccs3)C2)C1. The molecule has 3 aliphatic heterocycles. The van der Waals surface area contributed by atoms with Crippen molar-refractivity contribution in [2.45, 2.75) is 41.6 Å². The van der Waals surface area contributed by atoms with Gasteiger partial charge in [-0.05, 0) is 24.3 Å². The normalized spacial score (nSPS) is 29.1. The first kappa shape index (κ1) is 17.9. The van der Waals surface area contributed by atoms with Crippen LogP contribution in [0.15, 0.2) is 26.9 Å². The molecule has 142 valence electrons. The van der Waals surface area contributed by atoms with Gasteiger partial charge in [-0.25, -0.2) is 8.42 Å². The van der Waals surface area contributed by atoms with Gasteiger partial charge in [0.05, 0.1) is 12.6 Å². The van der Waals surface area contributed by atoms with Crippen molar-refractivity contribution in [2.24, 2.45) is 5.16 Å². The highest BCUT2D eigenvalue weighted by molar-refractivity contribution is 7.91. The third-order valence-corrected chi connectivity index (χ3v) is 8.20. The van der Waals surface area contributed by atoms with Crippen LogP contribution in [0.4, 0.5) is 0 Å². The standard InChI is InChI=1S/C16H21N3O5S2/c20-15(17-10-12-3-1-7-23-12)13-9-16(24-18-13)5-6-19(11-16)26(21,22)14-4-2-8-25-14/h2,4,8,12H,1,3,5-7,9-11H2,(H,17,20)/t12-,16-/m0/s1. The summed E-state index contributed by atoms with van der Waals surface area (Å²) in [7, 11) is -3.51. The van der Waals surface area contributed by atoms with Gasteiger partial charge in [0, 0.05) is 32.5 Å². The summed E-state index contributed by atoms with van der Waals surface area (Å²) in [6.07, 6.45) is 2.86. The van der Waals surface area contributed by atoms with E-state index in [1.165, 1.54) is 15.6 Å². The van der Waals surface area contributed by atoms with Gasteiger partial charge in [0.2, 0.25) is 0 Å². The zero-order chi connectivity index (χ0) is 18.2. The molecule has 0 bridgehead atoms. The number of carbonyl (C=O) groups excluding carboxylic acids is 1. The number of nitrogens with zero attached hydrogens (tertiary/aromatic N) is 2. The Morgan fingerprint density at radius 2 is 2.38 bits per heavy atom. The number of hydrogen-bond donors (Lipinski definition) is 1. The van der Waals surface area contributed by atoms with Crippen LogP contribution in [-0.4, -0.2) is 62.3 Å². The Labute approximate surface area is 156 Å². The van der Waals surface area contributed by atoms with Crippen molar-refractivity contribution in [1.82, 2.24) is 9.62 Å². The van der Waals surface area contributed by atoms with Crippen LogP contribution in [0.2, 0.25) is 0 Å². The van der Waals surface area contributed by atoms with Crippen molar-refractivity contribution >= 4 is 33.0 Å². The van der Waals surface area contributed by atoms with Gasteiger partial charge in [-0.2, -0.15) is 4.31 Å². The number of sulfonamides is 1. The Balaban J connectivity index is 1.35. The number of oxime groups is 1. The fraction of sp³-hybridized carbons (Fsp3) is 0.625. The number of amides is 1. The summed E-state index contributed by atoms with van der Waals surface area (Å²) in [6, 6.07) is 3.32. The van der Waals surface area contributed by atoms with Crippen LogP contribution in [0.1, 0.15) is 25.7 Å². The Morgan fingerprint density at radius 3 is 3.12 bits per heavy atom. The number of carbonyl (C=O) groups is 1. The molecule has 1 aromatic rings. The maximum atomic E-state index is 12.7. The van der Waals surface area contributed by atoms with Crippen LogP contribution < -0.4 is 5.32 Å². The number of hydrogen-bond acceptors (Lipinski definition) is 7. The third-order valence-electron chi connectivity index (χ3n) is 4.99. The molecule has 1 aromatic heterocycles. The van der Waals surface area contributed by atoms with E-state index in [9.17, 15) is 13.2 Å². The highest BCUT2D eigenvalue weighted by Crippen LogP contribution is 2.37. The summed E-state index contributed by atoms with van der Waals surface area (Å²) in [5, 5.41) is 8.51. The molecule has 1 spiro atoms. The van der Waals surface area contributed by atoms with Crippen LogP contribution >= 0.6 is 11.3 Å². The summed E-state index contributed by atoms with van der Waals surface area (Å²) in [5.41, 5.74) is -0.417. The first-order valence-corrected chi connectivity index (χ1v) is 11.0. The zero-order valence-corrected chi connectivity index (χ0v) is 15.9. The minimum Gasteiger partial charge on any atom is -0.387 e. The molecule has 26 heavy (non-hydrogen) atoms. The molecule has 8 nitrogen and oxygen atoms in total. The Kier molecular flexibility index (Phi) is 4.76. The largest absolute Gasteiger partial charge is 0.387 e. The number of nitrogens with one attached hydrogen (secondary N) is 1. The second-order valence-corrected chi connectivity index (χ2v) is 9.97. The molecule has 0 radical (unpaired) electrons. The Morgan fingerprint density at radius 1 is 1.50 bits per heavy atom. The van der Waals surface area contributed by atoms with E-state index >= 15 is 0 Å². The van der Waals surface area contributed by atoms with E-state index in [1.54, 1.807) is 17.5 Å². The van der Waals surface area contributed by atoms with Crippen LogP contribution in [0.5, 0.6) is 0 Å². The molecule has 10 heteroatoms. The lowest BCUT2D eigenvalue weighted by atomic mass is 9.96. The van der Waals surface area contributed by atoms with Crippen LogP contribution in [0, 0.1) is 0 Å². The fourth-order valence-corrected chi connectivity index (χ4v) is 6.19. The van der Waals surface area contributed by atoms with Crippen LogP contribution in [0.25, 0.3) is 0 Å². The van der Waals surface area contributed by atoms with Gasteiger partial charge in [0.25, 0.3) is 15.9 Å². The monoisotopic (exact) mass is 399 g/mol. The van der Waals surface area contributed by atoms with Gasteiger partial charge < -0.3 is 14.9 Å². The van der Waals surface area contributed by atoms with Gasteiger partial charge in [-0.1, -0.05) is 11.2 Å². The molecule has 4 rings (SSSR count). The first-order chi connectivity index (χ1) is 12.5. The van der Waals surface area contributed by atoms with Crippen LogP contribution in [-0.2, 0) is 24.4 Å². The third kappa shape index (κ3) is 3.38. The van der Waals surface area contributed by atoms with E-state index in [0.717, 1.165) is 19.4 Å². The Bertz CT molecular complexity index is 802. The lowest BCUT2D eigenvalue weighted by Gasteiger charge is -2.21. The minimum absolute atomic E-state index is 0.0637. The number of rotatable bonds is 5. The average molecular weight is 399 g/mol. The molecular formula is C16H21N3O5S2. The quantitative estimate of drug-likeness (QED) is 0.795. The molecule has 3 aliphatic rings.